The van der Waals surface area contributed by atoms with Gasteiger partial charge in [-0.05, 0) is 79.4 Å². The molecule has 1 aliphatic heterocycles. The highest BCUT2D eigenvalue weighted by molar-refractivity contribution is 7.49. The third-order valence-corrected chi connectivity index (χ3v) is 10.1. The molecule has 0 spiro atoms. The van der Waals surface area contributed by atoms with Gasteiger partial charge in [-0.1, -0.05) is 86.7 Å². The van der Waals surface area contributed by atoms with E-state index in [0.29, 0.717) is 8.58 Å². The molecule has 1 fully saturated rings. The summed E-state index contributed by atoms with van der Waals surface area (Å²) < 4.78 is 11.8. The van der Waals surface area contributed by atoms with Crippen molar-refractivity contribution in [3.8, 4) is 5.75 Å². The van der Waals surface area contributed by atoms with E-state index in [1.54, 1.807) is 7.11 Å². The molecule has 0 aromatic heterocycles. The number of methoxy groups -OCH3 is 1. The van der Waals surface area contributed by atoms with E-state index < -0.39 is 0 Å². The van der Waals surface area contributed by atoms with E-state index in [1.807, 2.05) is 0 Å². The lowest BCUT2D eigenvalue weighted by Crippen LogP contribution is -2.33. The van der Waals surface area contributed by atoms with Crippen LogP contribution in [-0.4, -0.2) is 27.0 Å². The van der Waals surface area contributed by atoms with Gasteiger partial charge in [-0.25, -0.2) is 0 Å². The highest BCUT2D eigenvalue weighted by Crippen LogP contribution is 2.53. The number of piperidine rings is 1. The van der Waals surface area contributed by atoms with Crippen LogP contribution in [0.4, 0.5) is 5.69 Å². The Morgan fingerprint density at radius 3 is 2.30 bits per heavy atom. The number of aryl methyl sites for hydroxylation is 2. The number of unbranched alkanes of at least 4 members (excludes halogenated alkanes) is 2. The average Bonchev–Trinajstić information content (AvgIpc) is 2.88. The highest BCUT2D eigenvalue weighted by atomic mass is 31.1. The van der Waals surface area contributed by atoms with Crippen molar-refractivity contribution in [1.29, 1.82) is 0 Å². The van der Waals surface area contributed by atoms with Crippen LogP contribution in [0.5, 0.6) is 5.75 Å². The van der Waals surface area contributed by atoms with Gasteiger partial charge in [0.15, 0.2) is 6.79 Å². The first kappa shape index (κ1) is 30.0. The molecule has 0 saturated carbocycles. The Morgan fingerprint density at radius 2 is 1.68 bits per heavy atom. The normalized spacial score (nSPS) is 16.4. The fraction of sp³-hybridized carbons (Fsp3) is 0.636. The van der Waals surface area contributed by atoms with Crippen LogP contribution in [0.1, 0.15) is 108 Å². The number of rotatable bonds is 12. The minimum atomic E-state index is 0.0318. The Hall–Kier alpha value is -1.57. The van der Waals surface area contributed by atoms with Gasteiger partial charge in [-0.2, -0.15) is 0 Å². The van der Waals surface area contributed by atoms with E-state index >= 15 is 0 Å². The van der Waals surface area contributed by atoms with Crippen molar-refractivity contribution < 1.29 is 9.47 Å². The first-order chi connectivity index (χ1) is 17.6. The summed E-state index contributed by atoms with van der Waals surface area (Å²) in [5.41, 5.74) is 6.90. The fourth-order valence-corrected chi connectivity index (χ4v) is 7.51. The number of ether oxygens (including phenoxy) is 2. The molecule has 2 unspecified atom stereocenters. The van der Waals surface area contributed by atoms with E-state index in [4.69, 9.17) is 9.47 Å². The predicted octanol–water partition coefficient (Wildman–Crippen LogP) is 8.76. The van der Waals surface area contributed by atoms with Gasteiger partial charge < -0.3 is 14.4 Å². The summed E-state index contributed by atoms with van der Waals surface area (Å²) in [5.74, 6) is 1.03. The topological polar surface area (TPSA) is 21.7 Å². The van der Waals surface area contributed by atoms with Gasteiger partial charge in [0, 0.05) is 36.6 Å². The summed E-state index contributed by atoms with van der Waals surface area (Å²) >= 11 is 0. The number of hydrogen-bond donors (Lipinski definition) is 0. The van der Waals surface area contributed by atoms with Gasteiger partial charge in [-0.3, -0.25) is 0 Å². The van der Waals surface area contributed by atoms with Crippen molar-refractivity contribution in [3.05, 3.63) is 52.6 Å². The van der Waals surface area contributed by atoms with E-state index in [9.17, 15) is 0 Å². The summed E-state index contributed by atoms with van der Waals surface area (Å²) in [4.78, 5) is 2.66. The Bertz CT molecular complexity index is 1010. The van der Waals surface area contributed by atoms with Gasteiger partial charge in [0.25, 0.3) is 0 Å². The standard InChI is InChI=1S/C33H52NO2P/c1-9-11-13-18-33(10-2,28-23-27(32(5,6)7)22-26(4)31(28)36-24-35-8)37-30-17-16-25(3)21-29(30)34-19-14-12-15-20-34/h16-17,21-23,37H,9-15,18-20,24H2,1-8H3. The Kier molecular flexibility index (Phi) is 10.9. The minimum absolute atomic E-state index is 0.0318. The molecular weight excluding hydrogens is 473 g/mol. The summed E-state index contributed by atoms with van der Waals surface area (Å²) in [6, 6.07) is 12.0. The van der Waals surface area contributed by atoms with E-state index in [-0.39, 0.29) is 17.4 Å². The maximum atomic E-state index is 6.37. The van der Waals surface area contributed by atoms with Crippen LogP contribution in [0.2, 0.25) is 0 Å². The van der Waals surface area contributed by atoms with Gasteiger partial charge in [0.1, 0.15) is 5.75 Å². The summed E-state index contributed by atoms with van der Waals surface area (Å²) in [6.07, 6.45) is 9.98. The number of anilines is 1. The molecule has 4 heteroatoms. The van der Waals surface area contributed by atoms with Gasteiger partial charge >= 0.3 is 0 Å². The van der Waals surface area contributed by atoms with Crippen molar-refractivity contribution >= 4 is 19.6 Å². The fourth-order valence-electron chi connectivity index (χ4n) is 5.67. The first-order valence-electron chi connectivity index (χ1n) is 14.6. The van der Waals surface area contributed by atoms with E-state index in [0.717, 1.165) is 12.2 Å². The van der Waals surface area contributed by atoms with Crippen LogP contribution in [0.3, 0.4) is 0 Å². The van der Waals surface area contributed by atoms with Crippen molar-refractivity contribution in [2.24, 2.45) is 0 Å². The molecule has 2 atom stereocenters. The monoisotopic (exact) mass is 525 g/mol. The number of hydrogen-bond acceptors (Lipinski definition) is 3. The quantitative estimate of drug-likeness (QED) is 0.157. The average molecular weight is 526 g/mol. The van der Waals surface area contributed by atoms with E-state index in [1.165, 1.54) is 91.3 Å². The Morgan fingerprint density at radius 1 is 0.946 bits per heavy atom. The summed E-state index contributed by atoms with van der Waals surface area (Å²) in [7, 11) is 2.40. The molecule has 1 aliphatic rings. The van der Waals surface area contributed by atoms with Crippen LogP contribution < -0.4 is 14.9 Å². The van der Waals surface area contributed by atoms with Crippen LogP contribution in [0.15, 0.2) is 30.3 Å². The molecule has 3 rings (SSSR count). The van der Waals surface area contributed by atoms with Gasteiger partial charge in [0.2, 0.25) is 0 Å². The lowest BCUT2D eigenvalue weighted by Gasteiger charge is -2.39. The maximum absolute atomic E-state index is 6.37. The van der Waals surface area contributed by atoms with Crippen molar-refractivity contribution in [2.75, 3.05) is 31.9 Å². The Balaban J connectivity index is 2.19. The smallest absolute Gasteiger partial charge is 0.188 e. The number of benzene rings is 2. The van der Waals surface area contributed by atoms with Gasteiger partial charge in [-0.15, -0.1) is 0 Å². The SMILES string of the molecule is CCCCCC(CC)(Pc1ccc(C)cc1N1CCCCC1)c1cc(C(C)(C)C)cc(C)c1OCOC. The second-order valence-electron chi connectivity index (χ2n) is 12.1. The van der Waals surface area contributed by atoms with Crippen LogP contribution in [0, 0.1) is 13.8 Å². The molecule has 1 saturated heterocycles. The van der Waals surface area contributed by atoms with E-state index in [2.05, 4.69) is 83.7 Å². The predicted molar refractivity (Wildman–Crippen MR) is 164 cm³/mol. The summed E-state index contributed by atoms with van der Waals surface area (Å²) in [6.45, 7) is 18.8. The largest absolute Gasteiger partial charge is 0.467 e. The molecule has 0 bridgehead atoms. The lowest BCUT2D eigenvalue weighted by atomic mass is 9.80. The molecule has 0 amide bonds. The zero-order valence-electron chi connectivity index (χ0n) is 24.9. The second kappa shape index (κ2) is 13.5. The first-order valence-corrected chi connectivity index (χ1v) is 15.6. The molecule has 1 heterocycles. The van der Waals surface area contributed by atoms with Crippen LogP contribution >= 0.6 is 8.58 Å². The minimum Gasteiger partial charge on any atom is -0.467 e. The highest BCUT2D eigenvalue weighted by Gasteiger charge is 2.36. The molecule has 206 valence electrons. The van der Waals surface area contributed by atoms with Crippen molar-refractivity contribution in [3.63, 3.8) is 0 Å². The Labute approximate surface area is 229 Å². The molecule has 0 radical (unpaired) electrons. The van der Waals surface area contributed by atoms with Crippen molar-refractivity contribution in [2.45, 2.75) is 110 Å². The molecule has 0 N–H and O–H groups in total. The lowest BCUT2D eigenvalue weighted by molar-refractivity contribution is 0.0493. The maximum Gasteiger partial charge on any atom is 0.188 e. The molecule has 2 aromatic carbocycles. The van der Waals surface area contributed by atoms with Crippen LogP contribution in [0.25, 0.3) is 0 Å². The number of nitrogens with zero attached hydrogens (tertiary/aromatic N) is 1. The van der Waals surface area contributed by atoms with Crippen molar-refractivity contribution in [1.82, 2.24) is 0 Å². The van der Waals surface area contributed by atoms with Crippen LogP contribution in [-0.2, 0) is 15.3 Å². The van der Waals surface area contributed by atoms with Gasteiger partial charge in [0.05, 0.1) is 0 Å². The molecule has 0 aliphatic carbocycles. The molecule has 3 nitrogen and oxygen atoms in total. The second-order valence-corrected chi connectivity index (χ2v) is 13.8. The molecule has 2 aromatic rings. The molecular formula is C33H52NO2P. The zero-order chi connectivity index (χ0) is 27.1. The zero-order valence-corrected chi connectivity index (χ0v) is 25.9. The summed E-state index contributed by atoms with van der Waals surface area (Å²) in [5, 5.41) is 1.55. The third kappa shape index (κ3) is 7.51. The molecule has 37 heavy (non-hydrogen) atoms. The third-order valence-electron chi connectivity index (χ3n) is 8.01.